The molecule has 1 fully saturated rings. The molecule has 1 atom stereocenters. The van der Waals surface area contributed by atoms with Crippen molar-refractivity contribution in [3.8, 4) is 0 Å². The van der Waals surface area contributed by atoms with Crippen LogP contribution in [0.4, 0.5) is 0 Å². The van der Waals surface area contributed by atoms with Crippen LogP contribution < -0.4 is 0 Å². The van der Waals surface area contributed by atoms with Crippen LogP contribution in [-0.2, 0) is 4.74 Å². The second kappa shape index (κ2) is 4.25. The molecule has 1 rings (SSSR count). The fourth-order valence-electron chi connectivity index (χ4n) is 0.384. The molecule has 1 aliphatic rings. The Balaban J connectivity index is 1.75. The van der Waals surface area contributed by atoms with Gasteiger partial charge in [-0.25, -0.2) is 0 Å². The first-order chi connectivity index (χ1) is 4.43. The molecule has 0 radical (unpaired) electrons. The molecule has 1 aliphatic heterocycles. The van der Waals surface area contributed by atoms with E-state index in [0.29, 0.717) is 6.10 Å². The van der Waals surface area contributed by atoms with E-state index in [9.17, 15) is 0 Å². The molecule has 1 heterocycles. The summed E-state index contributed by atoms with van der Waals surface area (Å²) in [5.41, 5.74) is 0. The predicted octanol–water partition coefficient (Wildman–Crippen LogP) is 1.95. The lowest BCUT2D eigenvalue weighted by atomic mass is 10.6. The van der Waals surface area contributed by atoms with Gasteiger partial charge in [-0.05, 0) is 0 Å². The number of hydrogen-bond donors (Lipinski definition) is 0. The summed E-state index contributed by atoms with van der Waals surface area (Å²) >= 11 is 0. The highest BCUT2D eigenvalue weighted by molar-refractivity contribution is 8.76. The van der Waals surface area contributed by atoms with E-state index in [1.807, 2.05) is 27.7 Å². The first-order valence-corrected chi connectivity index (χ1v) is 5.39. The highest BCUT2D eigenvalue weighted by atomic mass is 33.1. The van der Waals surface area contributed by atoms with Crippen molar-refractivity contribution < 1.29 is 4.74 Å². The molecule has 1 saturated heterocycles. The molecular formula is C6H10OS2. The molecule has 0 bridgehead atoms. The zero-order chi connectivity index (χ0) is 6.53. The molecule has 0 aromatic rings. The highest BCUT2D eigenvalue weighted by Crippen LogP contribution is 2.26. The van der Waals surface area contributed by atoms with Gasteiger partial charge >= 0.3 is 0 Å². The van der Waals surface area contributed by atoms with Crippen LogP contribution in [0.15, 0.2) is 12.7 Å². The van der Waals surface area contributed by atoms with Gasteiger partial charge in [-0.3, -0.25) is 0 Å². The molecule has 0 amide bonds. The van der Waals surface area contributed by atoms with E-state index < -0.39 is 0 Å². The topological polar surface area (TPSA) is 12.5 Å². The minimum atomic E-state index is 0.562. The third kappa shape index (κ3) is 3.89. The van der Waals surface area contributed by atoms with Crippen LogP contribution in [-0.4, -0.2) is 24.2 Å². The molecule has 1 nitrogen and oxygen atoms in total. The van der Waals surface area contributed by atoms with Crippen molar-refractivity contribution >= 4 is 21.6 Å². The Bertz CT molecular complexity index is 91.1. The minimum Gasteiger partial charge on any atom is -0.372 e. The molecule has 0 N–H and O–H groups in total. The second-order valence-electron chi connectivity index (χ2n) is 1.81. The zero-order valence-corrected chi connectivity index (χ0v) is 6.84. The van der Waals surface area contributed by atoms with Crippen LogP contribution in [0.25, 0.3) is 0 Å². The van der Waals surface area contributed by atoms with E-state index in [4.69, 9.17) is 4.74 Å². The quantitative estimate of drug-likeness (QED) is 0.265. The van der Waals surface area contributed by atoms with E-state index >= 15 is 0 Å². The van der Waals surface area contributed by atoms with Crippen molar-refractivity contribution in [2.75, 3.05) is 18.1 Å². The molecule has 52 valence electrons. The fourth-order valence-corrected chi connectivity index (χ4v) is 2.34. The zero-order valence-electron chi connectivity index (χ0n) is 5.21. The maximum absolute atomic E-state index is 5.03. The SMILES string of the molecule is C=CCSSCC1CO1. The third-order valence-electron chi connectivity index (χ3n) is 0.926. The van der Waals surface area contributed by atoms with Gasteiger partial charge in [0.15, 0.2) is 0 Å². The number of hydrogen-bond acceptors (Lipinski definition) is 3. The van der Waals surface area contributed by atoms with Gasteiger partial charge in [0.1, 0.15) is 0 Å². The van der Waals surface area contributed by atoms with Crippen LogP contribution in [0.5, 0.6) is 0 Å². The van der Waals surface area contributed by atoms with Crippen LogP contribution in [0, 0.1) is 0 Å². The molecule has 3 heteroatoms. The van der Waals surface area contributed by atoms with Gasteiger partial charge in [-0.15, -0.1) is 6.58 Å². The molecule has 0 aromatic heterocycles. The van der Waals surface area contributed by atoms with Crippen LogP contribution in [0.3, 0.4) is 0 Å². The largest absolute Gasteiger partial charge is 0.372 e. The molecule has 0 aliphatic carbocycles. The Hall–Kier alpha value is 0.400. The summed E-state index contributed by atoms with van der Waals surface area (Å²) in [4.78, 5) is 0. The lowest BCUT2D eigenvalue weighted by Gasteiger charge is -1.91. The van der Waals surface area contributed by atoms with E-state index in [-0.39, 0.29) is 0 Å². The van der Waals surface area contributed by atoms with Crippen LogP contribution in [0.1, 0.15) is 0 Å². The summed E-state index contributed by atoms with van der Waals surface area (Å²) in [6, 6.07) is 0. The van der Waals surface area contributed by atoms with Gasteiger partial charge < -0.3 is 4.74 Å². The van der Waals surface area contributed by atoms with E-state index in [1.54, 1.807) is 0 Å². The van der Waals surface area contributed by atoms with E-state index in [1.165, 1.54) is 0 Å². The van der Waals surface area contributed by atoms with Gasteiger partial charge in [-0.1, -0.05) is 27.7 Å². The molecule has 0 spiro atoms. The number of epoxide rings is 1. The fraction of sp³-hybridized carbons (Fsp3) is 0.667. The Morgan fingerprint density at radius 3 is 3.00 bits per heavy atom. The molecule has 0 saturated carbocycles. The molecule has 1 unspecified atom stereocenters. The average molecular weight is 162 g/mol. The van der Waals surface area contributed by atoms with Crippen molar-refractivity contribution in [1.82, 2.24) is 0 Å². The van der Waals surface area contributed by atoms with Gasteiger partial charge in [-0.2, -0.15) is 0 Å². The lowest BCUT2D eigenvalue weighted by molar-refractivity contribution is 0.426. The van der Waals surface area contributed by atoms with Crippen LogP contribution in [0.2, 0.25) is 0 Å². The number of ether oxygens (including phenoxy) is 1. The van der Waals surface area contributed by atoms with Crippen molar-refractivity contribution in [3.63, 3.8) is 0 Å². The normalized spacial score (nSPS) is 23.8. The summed E-state index contributed by atoms with van der Waals surface area (Å²) in [7, 11) is 3.71. The van der Waals surface area contributed by atoms with Gasteiger partial charge in [0.05, 0.1) is 12.7 Å². The van der Waals surface area contributed by atoms with Gasteiger partial charge in [0.25, 0.3) is 0 Å². The summed E-state index contributed by atoms with van der Waals surface area (Å²) in [6.45, 7) is 4.60. The molecule has 9 heavy (non-hydrogen) atoms. The van der Waals surface area contributed by atoms with Crippen molar-refractivity contribution in [1.29, 1.82) is 0 Å². The maximum Gasteiger partial charge on any atom is 0.0908 e. The monoisotopic (exact) mass is 162 g/mol. The predicted molar refractivity (Wildman–Crippen MR) is 44.9 cm³/mol. The van der Waals surface area contributed by atoms with Gasteiger partial charge in [0.2, 0.25) is 0 Å². The second-order valence-corrected chi connectivity index (χ2v) is 4.37. The van der Waals surface area contributed by atoms with Crippen molar-refractivity contribution in [2.24, 2.45) is 0 Å². The van der Waals surface area contributed by atoms with Crippen LogP contribution >= 0.6 is 21.6 Å². The third-order valence-corrected chi connectivity index (χ3v) is 3.29. The first-order valence-electron chi connectivity index (χ1n) is 2.90. The Morgan fingerprint density at radius 2 is 2.44 bits per heavy atom. The van der Waals surface area contributed by atoms with Crippen molar-refractivity contribution in [2.45, 2.75) is 6.10 Å². The number of rotatable bonds is 5. The highest BCUT2D eigenvalue weighted by Gasteiger charge is 2.21. The minimum absolute atomic E-state index is 0.562. The summed E-state index contributed by atoms with van der Waals surface area (Å²) in [6.07, 6.45) is 2.48. The Labute approximate surface area is 63.6 Å². The van der Waals surface area contributed by atoms with Gasteiger partial charge in [0, 0.05) is 11.5 Å². The summed E-state index contributed by atoms with van der Waals surface area (Å²) in [5, 5.41) is 0. The summed E-state index contributed by atoms with van der Waals surface area (Å²) in [5.74, 6) is 2.18. The van der Waals surface area contributed by atoms with E-state index in [0.717, 1.165) is 18.1 Å². The smallest absolute Gasteiger partial charge is 0.0908 e. The maximum atomic E-state index is 5.03. The lowest BCUT2D eigenvalue weighted by Crippen LogP contribution is -1.85. The Kier molecular flexibility index (Phi) is 3.55. The summed E-state index contributed by atoms with van der Waals surface area (Å²) < 4.78 is 5.03. The molecule has 0 aromatic carbocycles. The average Bonchev–Trinajstić information content (AvgIpc) is 2.63. The molecular weight excluding hydrogens is 152 g/mol. The van der Waals surface area contributed by atoms with Crippen molar-refractivity contribution in [3.05, 3.63) is 12.7 Å². The van der Waals surface area contributed by atoms with E-state index in [2.05, 4.69) is 6.58 Å². The first kappa shape index (κ1) is 7.51. The standard InChI is InChI=1S/C6H10OS2/c1-2-3-8-9-5-6-4-7-6/h2,6H,1,3-5H2. The Morgan fingerprint density at radius 1 is 1.67 bits per heavy atom.